The second-order valence-electron chi connectivity index (χ2n) is 4.19. The van der Waals surface area contributed by atoms with Crippen molar-refractivity contribution in [1.29, 1.82) is 0 Å². The summed E-state index contributed by atoms with van der Waals surface area (Å²) in [5.41, 5.74) is 0. The van der Waals surface area contributed by atoms with E-state index in [2.05, 4.69) is 4.90 Å². The van der Waals surface area contributed by atoms with Gasteiger partial charge in [0.25, 0.3) is 0 Å². The van der Waals surface area contributed by atoms with E-state index in [9.17, 15) is 0 Å². The fourth-order valence-electron chi connectivity index (χ4n) is 2.49. The van der Waals surface area contributed by atoms with Crippen LogP contribution >= 0.6 is 11.6 Å². The Kier molecular flexibility index (Phi) is 3.47. The Morgan fingerprint density at radius 1 is 1.31 bits per heavy atom. The average molecular weight is 204 g/mol. The Morgan fingerprint density at radius 2 is 2.15 bits per heavy atom. The van der Waals surface area contributed by atoms with Crippen molar-refractivity contribution in [3.05, 3.63) is 0 Å². The summed E-state index contributed by atoms with van der Waals surface area (Å²) in [4.78, 5) is 2.55. The molecule has 2 aliphatic heterocycles. The fourth-order valence-corrected chi connectivity index (χ4v) is 2.61. The van der Waals surface area contributed by atoms with Gasteiger partial charge in [-0.25, -0.2) is 0 Å². The molecular formula is C10H18ClNO. The van der Waals surface area contributed by atoms with Crippen LogP contribution in [-0.4, -0.2) is 43.6 Å². The third-order valence-electron chi connectivity index (χ3n) is 3.22. The number of rotatable bonds is 3. The molecule has 0 aromatic heterocycles. The van der Waals surface area contributed by atoms with Gasteiger partial charge in [-0.1, -0.05) is 0 Å². The molecule has 2 saturated heterocycles. The van der Waals surface area contributed by atoms with E-state index < -0.39 is 0 Å². The molecule has 0 amide bonds. The molecule has 0 radical (unpaired) electrons. The first-order valence-corrected chi connectivity index (χ1v) is 5.79. The highest BCUT2D eigenvalue weighted by molar-refractivity contribution is 6.17. The summed E-state index contributed by atoms with van der Waals surface area (Å²) in [5.74, 6) is 2.51. The second-order valence-corrected chi connectivity index (χ2v) is 4.56. The fraction of sp³-hybridized carbons (Fsp3) is 1.00. The molecule has 0 aromatic carbocycles. The molecule has 0 saturated carbocycles. The highest BCUT2D eigenvalue weighted by atomic mass is 35.5. The minimum atomic E-state index is 0.794. The van der Waals surface area contributed by atoms with E-state index in [1.165, 1.54) is 26.1 Å². The molecule has 3 heteroatoms. The first kappa shape index (κ1) is 9.75. The lowest BCUT2D eigenvalue weighted by atomic mass is 9.92. The van der Waals surface area contributed by atoms with Gasteiger partial charge >= 0.3 is 0 Å². The summed E-state index contributed by atoms with van der Waals surface area (Å²) in [6, 6.07) is 0. The zero-order valence-electron chi connectivity index (χ0n) is 8.04. The molecule has 2 fully saturated rings. The van der Waals surface area contributed by atoms with Crippen molar-refractivity contribution < 1.29 is 4.74 Å². The number of halogens is 1. The van der Waals surface area contributed by atoms with E-state index in [-0.39, 0.29) is 0 Å². The Morgan fingerprint density at radius 3 is 2.92 bits per heavy atom. The van der Waals surface area contributed by atoms with Gasteiger partial charge in [-0.3, -0.25) is 0 Å². The van der Waals surface area contributed by atoms with Crippen LogP contribution in [0.15, 0.2) is 0 Å². The van der Waals surface area contributed by atoms with Crippen molar-refractivity contribution in [2.24, 2.45) is 11.8 Å². The van der Waals surface area contributed by atoms with Crippen molar-refractivity contribution in [3.63, 3.8) is 0 Å². The van der Waals surface area contributed by atoms with Crippen LogP contribution in [0, 0.1) is 11.8 Å². The molecular weight excluding hydrogens is 186 g/mol. The molecule has 2 aliphatic rings. The summed E-state index contributed by atoms with van der Waals surface area (Å²) < 4.78 is 5.48. The van der Waals surface area contributed by atoms with Crippen molar-refractivity contribution in [2.75, 3.05) is 38.7 Å². The van der Waals surface area contributed by atoms with E-state index >= 15 is 0 Å². The van der Waals surface area contributed by atoms with E-state index in [1.807, 2.05) is 0 Å². The third-order valence-corrected chi connectivity index (χ3v) is 3.49. The molecule has 2 atom stereocenters. The van der Waals surface area contributed by atoms with Crippen molar-refractivity contribution in [3.8, 4) is 0 Å². The van der Waals surface area contributed by atoms with Gasteiger partial charge in [0, 0.05) is 25.6 Å². The maximum Gasteiger partial charge on any atom is 0.0509 e. The van der Waals surface area contributed by atoms with Gasteiger partial charge in [0.1, 0.15) is 0 Å². The predicted octanol–water partition coefficient (Wildman–Crippen LogP) is 1.58. The predicted molar refractivity (Wildman–Crippen MR) is 54.2 cm³/mol. The molecule has 0 bridgehead atoms. The molecule has 0 aliphatic carbocycles. The summed E-state index contributed by atoms with van der Waals surface area (Å²) in [5, 5.41) is 0. The largest absolute Gasteiger partial charge is 0.381 e. The highest BCUT2D eigenvalue weighted by Gasteiger charge is 2.34. The van der Waals surface area contributed by atoms with Crippen molar-refractivity contribution in [1.82, 2.24) is 4.90 Å². The van der Waals surface area contributed by atoms with Gasteiger partial charge in [0.2, 0.25) is 0 Å². The zero-order valence-corrected chi connectivity index (χ0v) is 8.80. The molecule has 0 spiro atoms. The molecule has 0 aromatic rings. The van der Waals surface area contributed by atoms with E-state index in [0.29, 0.717) is 0 Å². The van der Waals surface area contributed by atoms with Gasteiger partial charge in [0.05, 0.1) is 6.61 Å². The number of nitrogens with zero attached hydrogens (tertiary/aromatic N) is 1. The smallest absolute Gasteiger partial charge is 0.0509 e. The molecule has 2 nitrogen and oxygen atoms in total. The minimum absolute atomic E-state index is 0.794. The normalized spacial score (nSPS) is 34.8. The Balaban J connectivity index is 1.77. The molecule has 0 N–H and O–H groups in total. The van der Waals surface area contributed by atoms with Crippen LogP contribution in [0.5, 0.6) is 0 Å². The van der Waals surface area contributed by atoms with Crippen molar-refractivity contribution >= 4 is 11.6 Å². The zero-order chi connectivity index (χ0) is 9.10. The number of alkyl halides is 1. The molecule has 2 heterocycles. The van der Waals surface area contributed by atoms with Gasteiger partial charge < -0.3 is 9.64 Å². The number of hydrogen-bond donors (Lipinski definition) is 0. The van der Waals surface area contributed by atoms with E-state index in [1.54, 1.807) is 0 Å². The topological polar surface area (TPSA) is 12.5 Å². The number of hydrogen-bond acceptors (Lipinski definition) is 2. The van der Waals surface area contributed by atoms with Crippen LogP contribution in [0.2, 0.25) is 0 Å². The lowest BCUT2D eigenvalue weighted by molar-refractivity contribution is 0.0370. The van der Waals surface area contributed by atoms with Crippen LogP contribution in [0.3, 0.4) is 0 Å². The standard InChI is InChI=1S/C10H18ClNO/c11-3-1-4-12-6-9-2-5-13-8-10(9)7-12/h9-10H,1-8H2/t9-,10-/m0/s1. The monoisotopic (exact) mass is 203 g/mol. The number of ether oxygens (including phenoxy) is 1. The number of fused-ring (bicyclic) bond motifs is 1. The number of likely N-dealkylation sites (tertiary alicyclic amines) is 1. The van der Waals surface area contributed by atoms with Gasteiger partial charge in [-0.15, -0.1) is 11.6 Å². The van der Waals surface area contributed by atoms with Gasteiger partial charge in [-0.2, -0.15) is 0 Å². The van der Waals surface area contributed by atoms with Crippen LogP contribution in [0.4, 0.5) is 0 Å². The molecule has 76 valence electrons. The lowest BCUT2D eigenvalue weighted by Gasteiger charge is -2.23. The van der Waals surface area contributed by atoms with Crippen LogP contribution in [0.25, 0.3) is 0 Å². The van der Waals surface area contributed by atoms with Crippen LogP contribution < -0.4 is 0 Å². The second kappa shape index (κ2) is 4.63. The van der Waals surface area contributed by atoms with Gasteiger partial charge in [0.15, 0.2) is 0 Å². The van der Waals surface area contributed by atoms with Crippen molar-refractivity contribution in [2.45, 2.75) is 12.8 Å². The van der Waals surface area contributed by atoms with E-state index in [0.717, 1.165) is 37.4 Å². The maximum absolute atomic E-state index is 5.68. The SMILES string of the molecule is ClCCCN1C[C@H]2COCC[C@H]2C1. The third kappa shape index (κ3) is 2.36. The maximum atomic E-state index is 5.68. The Hall–Kier alpha value is 0.210. The van der Waals surface area contributed by atoms with Crippen LogP contribution in [0.1, 0.15) is 12.8 Å². The highest BCUT2D eigenvalue weighted by Crippen LogP contribution is 2.29. The Labute approximate surface area is 85.2 Å². The Bertz CT molecular complexity index is 151. The lowest BCUT2D eigenvalue weighted by Crippen LogP contribution is -2.25. The minimum Gasteiger partial charge on any atom is -0.381 e. The summed E-state index contributed by atoms with van der Waals surface area (Å²) in [7, 11) is 0. The first-order chi connectivity index (χ1) is 6.40. The first-order valence-electron chi connectivity index (χ1n) is 5.26. The van der Waals surface area contributed by atoms with E-state index in [4.69, 9.17) is 16.3 Å². The summed E-state index contributed by atoms with van der Waals surface area (Å²) >= 11 is 5.68. The van der Waals surface area contributed by atoms with Crippen LogP contribution in [-0.2, 0) is 4.74 Å². The summed E-state index contributed by atoms with van der Waals surface area (Å²) in [6.07, 6.45) is 2.39. The molecule has 13 heavy (non-hydrogen) atoms. The average Bonchev–Trinajstić information content (AvgIpc) is 2.57. The molecule has 0 unspecified atom stereocenters. The molecule has 2 rings (SSSR count). The quantitative estimate of drug-likeness (QED) is 0.646. The summed E-state index contributed by atoms with van der Waals surface area (Å²) in [6.45, 7) is 5.66. The van der Waals surface area contributed by atoms with Gasteiger partial charge in [-0.05, 0) is 31.2 Å².